The van der Waals surface area contributed by atoms with E-state index in [2.05, 4.69) is 42.5 Å². The van der Waals surface area contributed by atoms with Gasteiger partial charge in [-0.1, -0.05) is 15.9 Å². The molecule has 1 aliphatic heterocycles. The van der Waals surface area contributed by atoms with Gasteiger partial charge in [0.2, 0.25) is 5.91 Å². The quantitative estimate of drug-likeness (QED) is 0.677. The Bertz CT molecular complexity index is 608. The lowest BCUT2D eigenvalue weighted by atomic mass is 10.2. The summed E-state index contributed by atoms with van der Waals surface area (Å²) in [7, 11) is 0. The van der Waals surface area contributed by atoms with E-state index in [1.54, 1.807) is 18.2 Å². The zero-order valence-corrected chi connectivity index (χ0v) is 13.8. The van der Waals surface area contributed by atoms with Crippen LogP contribution in [0, 0.1) is 0 Å². The van der Waals surface area contributed by atoms with Gasteiger partial charge in [-0.15, -0.1) is 0 Å². The van der Waals surface area contributed by atoms with Gasteiger partial charge >= 0.3 is 12.0 Å². The van der Waals surface area contributed by atoms with Crippen LogP contribution in [0.15, 0.2) is 27.1 Å². The number of carbonyl (C=O) groups is 3. The zero-order chi connectivity index (χ0) is 15.6. The third-order valence-electron chi connectivity index (χ3n) is 2.90. The summed E-state index contributed by atoms with van der Waals surface area (Å²) in [5.74, 6) is -1.56. The molecule has 1 saturated heterocycles. The summed E-state index contributed by atoms with van der Waals surface area (Å²) in [6.07, 6.45) is 0. The lowest BCUT2D eigenvalue weighted by molar-refractivity contribution is -0.144. The summed E-state index contributed by atoms with van der Waals surface area (Å²) in [5.41, 5.74) is 0.485. The average molecular weight is 421 g/mol. The molecule has 1 aromatic rings. The monoisotopic (exact) mass is 419 g/mol. The van der Waals surface area contributed by atoms with Crippen molar-refractivity contribution in [1.29, 1.82) is 0 Å². The predicted octanol–water partition coefficient (Wildman–Crippen LogP) is 1.63. The lowest BCUT2D eigenvalue weighted by Crippen LogP contribution is -2.60. The molecule has 0 aliphatic carbocycles. The van der Waals surface area contributed by atoms with Crippen LogP contribution in [0.4, 0.5) is 10.5 Å². The van der Waals surface area contributed by atoms with Crippen molar-refractivity contribution < 1.29 is 19.5 Å². The van der Waals surface area contributed by atoms with Crippen LogP contribution in [0.25, 0.3) is 0 Å². The van der Waals surface area contributed by atoms with E-state index in [1.807, 2.05) is 0 Å². The molecule has 112 valence electrons. The van der Waals surface area contributed by atoms with Crippen molar-refractivity contribution in [2.24, 2.45) is 0 Å². The molecule has 21 heavy (non-hydrogen) atoms. The highest BCUT2D eigenvalue weighted by atomic mass is 79.9. The molecule has 1 fully saturated rings. The van der Waals surface area contributed by atoms with E-state index in [-0.39, 0.29) is 13.1 Å². The van der Waals surface area contributed by atoms with Crippen molar-refractivity contribution in [1.82, 2.24) is 10.2 Å². The van der Waals surface area contributed by atoms with Crippen molar-refractivity contribution in [3.63, 3.8) is 0 Å². The molecule has 1 atom stereocenters. The number of carbonyl (C=O) groups excluding carboxylic acids is 2. The molecular formula is C12H11Br2N3O4. The first-order valence-electron chi connectivity index (χ1n) is 5.90. The number of aliphatic carboxylic acids is 1. The number of amides is 3. The number of carboxylic acid groups (broad SMARTS) is 1. The third-order valence-corrected chi connectivity index (χ3v) is 4.05. The molecule has 9 heteroatoms. The molecule has 3 amide bonds. The molecule has 1 heterocycles. The van der Waals surface area contributed by atoms with Gasteiger partial charge in [0, 0.05) is 15.5 Å². The second-order valence-electron chi connectivity index (χ2n) is 4.34. The Morgan fingerprint density at radius 2 is 2.10 bits per heavy atom. The first kappa shape index (κ1) is 15.8. The SMILES string of the molecule is O=C1CN(C(=O)Nc2ccc(Br)cc2Br)C(C(=O)O)CN1. The van der Waals surface area contributed by atoms with Crippen LogP contribution in [0.1, 0.15) is 0 Å². The summed E-state index contributed by atoms with van der Waals surface area (Å²) in [6.45, 7) is -0.403. The van der Waals surface area contributed by atoms with Gasteiger partial charge in [0.25, 0.3) is 0 Å². The Balaban J connectivity index is 2.17. The number of halogens is 2. The minimum atomic E-state index is -1.17. The molecule has 1 aliphatic rings. The summed E-state index contributed by atoms with van der Waals surface area (Å²) >= 11 is 6.59. The fraction of sp³-hybridized carbons (Fsp3) is 0.250. The number of piperazine rings is 1. The summed E-state index contributed by atoms with van der Waals surface area (Å²) < 4.78 is 1.46. The summed E-state index contributed by atoms with van der Waals surface area (Å²) in [5, 5.41) is 14.1. The highest BCUT2D eigenvalue weighted by molar-refractivity contribution is 9.11. The Morgan fingerprint density at radius 3 is 2.71 bits per heavy atom. The Hall–Kier alpha value is -1.61. The minimum absolute atomic E-state index is 0.108. The van der Waals surface area contributed by atoms with Crippen molar-refractivity contribution >= 4 is 55.5 Å². The van der Waals surface area contributed by atoms with Crippen LogP contribution in [-0.4, -0.2) is 47.0 Å². The molecule has 0 spiro atoms. The molecule has 1 aromatic carbocycles. The number of nitrogens with zero attached hydrogens (tertiary/aromatic N) is 1. The average Bonchev–Trinajstić information content (AvgIpc) is 2.41. The van der Waals surface area contributed by atoms with Gasteiger partial charge in [0.15, 0.2) is 0 Å². The second kappa shape index (κ2) is 6.44. The lowest BCUT2D eigenvalue weighted by Gasteiger charge is -2.32. The van der Waals surface area contributed by atoms with Gasteiger partial charge in [-0.2, -0.15) is 0 Å². The normalized spacial score (nSPS) is 18.1. The highest BCUT2D eigenvalue weighted by Gasteiger charge is 2.35. The second-order valence-corrected chi connectivity index (χ2v) is 6.11. The fourth-order valence-electron chi connectivity index (χ4n) is 1.85. The van der Waals surface area contributed by atoms with Crippen LogP contribution in [0.3, 0.4) is 0 Å². The van der Waals surface area contributed by atoms with Crippen molar-refractivity contribution in [2.75, 3.05) is 18.4 Å². The number of hydrogen-bond donors (Lipinski definition) is 3. The van der Waals surface area contributed by atoms with Gasteiger partial charge in [-0.3, -0.25) is 9.69 Å². The molecule has 7 nitrogen and oxygen atoms in total. The number of carboxylic acids is 1. The Morgan fingerprint density at radius 1 is 1.38 bits per heavy atom. The summed E-state index contributed by atoms with van der Waals surface area (Å²) in [4.78, 5) is 35.7. The first-order chi connectivity index (χ1) is 9.88. The van der Waals surface area contributed by atoms with E-state index in [1.165, 1.54) is 0 Å². The van der Waals surface area contributed by atoms with Crippen molar-refractivity contribution in [3.05, 3.63) is 27.1 Å². The number of hydrogen-bond acceptors (Lipinski definition) is 3. The molecular weight excluding hydrogens is 410 g/mol. The number of urea groups is 1. The maximum atomic E-state index is 12.2. The van der Waals surface area contributed by atoms with E-state index in [9.17, 15) is 14.4 Å². The smallest absolute Gasteiger partial charge is 0.328 e. The molecule has 0 aromatic heterocycles. The van der Waals surface area contributed by atoms with Gasteiger partial charge < -0.3 is 15.7 Å². The molecule has 0 saturated carbocycles. The predicted molar refractivity (Wildman–Crippen MR) is 82.0 cm³/mol. The maximum Gasteiger partial charge on any atom is 0.328 e. The highest BCUT2D eigenvalue weighted by Crippen LogP contribution is 2.26. The number of rotatable bonds is 2. The van der Waals surface area contributed by atoms with E-state index < -0.39 is 23.9 Å². The topological polar surface area (TPSA) is 98.7 Å². The number of nitrogens with one attached hydrogen (secondary N) is 2. The van der Waals surface area contributed by atoms with Crippen molar-refractivity contribution in [3.8, 4) is 0 Å². The standard InChI is InChI=1S/C12H11Br2N3O4/c13-6-1-2-8(7(14)3-6)16-12(21)17-5-10(18)15-4-9(17)11(19)20/h1-3,9H,4-5H2,(H,15,18)(H,16,21)(H,19,20). The zero-order valence-electron chi connectivity index (χ0n) is 10.6. The Kier molecular flexibility index (Phi) is 4.84. The van der Waals surface area contributed by atoms with Gasteiger partial charge in [-0.25, -0.2) is 9.59 Å². The van der Waals surface area contributed by atoms with Crippen LogP contribution >= 0.6 is 31.9 Å². The van der Waals surface area contributed by atoms with Gasteiger partial charge in [0.05, 0.1) is 5.69 Å². The van der Waals surface area contributed by atoms with E-state index in [0.717, 1.165) is 9.37 Å². The third kappa shape index (κ3) is 3.73. The molecule has 2 rings (SSSR count). The maximum absolute atomic E-state index is 12.2. The van der Waals surface area contributed by atoms with Crippen LogP contribution in [0.5, 0.6) is 0 Å². The van der Waals surface area contributed by atoms with E-state index in [4.69, 9.17) is 5.11 Å². The van der Waals surface area contributed by atoms with Crippen molar-refractivity contribution in [2.45, 2.75) is 6.04 Å². The molecule has 3 N–H and O–H groups in total. The van der Waals surface area contributed by atoms with E-state index in [0.29, 0.717) is 10.2 Å². The minimum Gasteiger partial charge on any atom is -0.480 e. The van der Waals surface area contributed by atoms with Gasteiger partial charge in [0.1, 0.15) is 12.6 Å². The van der Waals surface area contributed by atoms with Crippen LogP contribution in [-0.2, 0) is 9.59 Å². The van der Waals surface area contributed by atoms with Crippen LogP contribution < -0.4 is 10.6 Å². The first-order valence-corrected chi connectivity index (χ1v) is 7.49. The largest absolute Gasteiger partial charge is 0.480 e. The number of benzene rings is 1. The van der Waals surface area contributed by atoms with Crippen LogP contribution in [0.2, 0.25) is 0 Å². The Labute approximate surface area is 136 Å². The summed E-state index contributed by atoms with van der Waals surface area (Å²) in [6, 6.07) is 3.41. The molecule has 0 bridgehead atoms. The number of anilines is 1. The molecule has 0 radical (unpaired) electrons. The fourth-order valence-corrected chi connectivity index (χ4v) is 3.00. The van der Waals surface area contributed by atoms with E-state index >= 15 is 0 Å². The van der Waals surface area contributed by atoms with Gasteiger partial charge in [-0.05, 0) is 34.1 Å². The molecule has 1 unspecified atom stereocenters.